The van der Waals surface area contributed by atoms with Crippen LogP contribution in [-0.2, 0) is 0 Å². The molecule has 1 aliphatic rings. The molecule has 3 rings (SSSR count). The summed E-state index contributed by atoms with van der Waals surface area (Å²) >= 11 is 0. The fourth-order valence-corrected chi connectivity index (χ4v) is 1.96. The molecule has 0 saturated carbocycles. The molecule has 1 atom stereocenters. The first-order valence-electron chi connectivity index (χ1n) is 6.33. The van der Waals surface area contributed by atoms with Crippen LogP contribution >= 0.6 is 0 Å². The molecule has 19 heavy (non-hydrogen) atoms. The molecular weight excluding hydrogens is 232 g/mol. The van der Waals surface area contributed by atoms with E-state index in [4.69, 9.17) is 4.74 Å². The minimum absolute atomic E-state index is 0.170. The summed E-state index contributed by atoms with van der Waals surface area (Å²) in [7, 11) is 0. The van der Waals surface area contributed by atoms with Crippen molar-refractivity contribution >= 4 is 6.08 Å². The molecule has 0 N–H and O–H groups in total. The van der Waals surface area contributed by atoms with Gasteiger partial charge >= 0.3 is 0 Å². The predicted octanol–water partition coefficient (Wildman–Crippen LogP) is 3.82. The lowest BCUT2D eigenvalue weighted by atomic mass is 10.1. The van der Waals surface area contributed by atoms with Gasteiger partial charge in [0.05, 0.1) is 0 Å². The predicted molar refractivity (Wildman–Crippen MR) is 77.9 cm³/mol. The van der Waals surface area contributed by atoms with E-state index < -0.39 is 0 Å². The van der Waals surface area contributed by atoms with Gasteiger partial charge in [-0.25, -0.2) is 0 Å². The Hall–Kier alpha value is -2.46. The van der Waals surface area contributed by atoms with E-state index in [-0.39, 0.29) is 6.10 Å². The zero-order valence-corrected chi connectivity index (χ0v) is 10.8. The lowest BCUT2D eigenvalue weighted by Crippen LogP contribution is -2.14. The van der Waals surface area contributed by atoms with Crippen LogP contribution in [0.4, 0.5) is 0 Å². The highest BCUT2D eigenvalue weighted by Gasteiger charge is 2.10. The Labute approximate surface area is 113 Å². The molecule has 0 fully saturated rings. The van der Waals surface area contributed by atoms with Crippen molar-refractivity contribution in [3.63, 3.8) is 0 Å². The Bertz CT molecular complexity index is 669. The minimum Gasteiger partial charge on any atom is -0.473 e. The molecule has 1 heteroatoms. The number of ether oxygens (including phenoxy) is 1. The summed E-state index contributed by atoms with van der Waals surface area (Å²) in [6.07, 6.45) is 3.88. The first kappa shape index (κ1) is 11.6. The van der Waals surface area contributed by atoms with Gasteiger partial charge in [0.2, 0.25) is 0 Å². The largest absolute Gasteiger partial charge is 0.473 e. The van der Waals surface area contributed by atoms with E-state index in [0.29, 0.717) is 0 Å². The summed E-state index contributed by atoms with van der Waals surface area (Å²) in [6.45, 7) is 2.07. The van der Waals surface area contributed by atoms with Gasteiger partial charge in [-0.15, -0.1) is 0 Å². The van der Waals surface area contributed by atoms with Crippen LogP contribution in [0.25, 0.3) is 6.08 Å². The molecule has 0 amide bonds. The Morgan fingerprint density at radius 2 is 1.79 bits per heavy atom. The second-order valence-electron chi connectivity index (χ2n) is 4.57. The van der Waals surface area contributed by atoms with Crippen LogP contribution in [-0.4, -0.2) is 6.10 Å². The number of hydrogen-bond donors (Lipinski definition) is 0. The normalized spacial score (nSPS) is 15.9. The average molecular weight is 246 g/mol. The monoisotopic (exact) mass is 246 g/mol. The lowest BCUT2D eigenvalue weighted by molar-refractivity contribution is 0.301. The SMILES string of the molecule is Cc1ccc(C#CC2C=Cc3ccccc3O2)cc1. The average Bonchev–Trinajstić information content (AvgIpc) is 2.46. The second kappa shape index (κ2) is 5.04. The lowest BCUT2D eigenvalue weighted by Gasteiger charge is -2.16. The van der Waals surface area contributed by atoms with Crippen LogP contribution in [0, 0.1) is 18.8 Å². The maximum Gasteiger partial charge on any atom is 0.178 e. The molecule has 1 aliphatic heterocycles. The molecule has 2 aromatic carbocycles. The van der Waals surface area contributed by atoms with Crippen molar-refractivity contribution in [2.75, 3.05) is 0 Å². The maximum absolute atomic E-state index is 5.82. The third-order valence-electron chi connectivity index (χ3n) is 3.03. The summed E-state index contributed by atoms with van der Waals surface area (Å²) in [5.74, 6) is 7.18. The van der Waals surface area contributed by atoms with E-state index in [1.54, 1.807) is 0 Å². The van der Waals surface area contributed by atoms with Crippen LogP contribution in [0.2, 0.25) is 0 Å². The fourth-order valence-electron chi connectivity index (χ4n) is 1.96. The number of hydrogen-bond acceptors (Lipinski definition) is 1. The van der Waals surface area contributed by atoms with E-state index in [0.717, 1.165) is 16.9 Å². The Balaban J connectivity index is 1.78. The molecule has 0 aliphatic carbocycles. The molecule has 0 spiro atoms. The van der Waals surface area contributed by atoms with Crippen molar-refractivity contribution in [1.29, 1.82) is 0 Å². The van der Waals surface area contributed by atoms with Gasteiger partial charge in [0, 0.05) is 11.1 Å². The molecule has 1 unspecified atom stereocenters. The zero-order valence-electron chi connectivity index (χ0n) is 10.8. The molecule has 1 nitrogen and oxygen atoms in total. The highest BCUT2D eigenvalue weighted by atomic mass is 16.5. The molecule has 0 saturated heterocycles. The van der Waals surface area contributed by atoms with Crippen molar-refractivity contribution in [3.8, 4) is 17.6 Å². The van der Waals surface area contributed by atoms with Gasteiger partial charge in [-0.1, -0.05) is 47.9 Å². The van der Waals surface area contributed by atoms with E-state index in [9.17, 15) is 0 Å². The van der Waals surface area contributed by atoms with Crippen molar-refractivity contribution in [2.24, 2.45) is 0 Å². The molecule has 0 aromatic heterocycles. The van der Waals surface area contributed by atoms with Gasteiger partial charge < -0.3 is 4.74 Å². The number of rotatable bonds is 0. The minimum atomic E-state index is -0.170. The van der Waals surface area contributed by atoms with Crippen molar-refractivity contribution in [1.82, 2.24) is 0 Å². The highest BCUT2D eigenvalue weighted by Crippen LogP contribution is 2.24. The molecular formula is C18H14O. The van der Waals surface area contributed by atoms with E-state index >= 15 is 0 Å². The Morgan fingerprint density at radius 3 is 2.63 bits per heavy atom. The molecule has 0 radical (unpaired) electrons. The van der Waals surface area contributed by atoms with Crippen LogP contribution in [0.15, 0.2) is 54.6 Å². The smallest absolute Gasteiger partial charge is 0.178 e. The van der Waals surface area contributed by atoms with E-state index in [1.165, 1.54) is 5.56 Å². The Morgan fingerprint density at radius 1 is 1.00 bits per heavy atom. The van der Waals surface area contributed by atoms with Gasteiger partial charge in [0.25, 0.3) is 0 Å². The van der Waals surface area contributed by atoms with Gasteiger partial charge in [0.15, 0.2) is 6.10 Å². The van der Waals surface area contributed by atoms with Crippen molar-refractivity contribution in [2.45, 2.75) is 13.0 Å². The van der Waals surface area contributed by atoms with E-state index in [2.05, 4.69) is 37.0 Å². The molecule has 0 bridgehead atoms. The zero-order chi connectivity index (χ0) is 13.1. The molecule has 92 valence electrons. The van der Waals surface area contributed by atoms with Crippen molar-refractivity contribution in [3.05, 3.63) is 71.3 Å². The maximum atomic E-state index is 5.82. The number of para-hydroxylation sites is 1. The summed E-state index contributed by atoms with van der Waals surface area (Å²) in [4.78, 5) is 0. The number of benzene rings is 2. The fraction of sp³-hybridized carbons (Fsp3) is 0.111. The first-order valence-corrected chi connectivity index (χ1v) is 6.33. The summed E-state index contributed by atoms with van der Waals surface area (Å²) in [5, 5.41) is 0. The van der Waals surface area contributed by atoms with Gasteiger partial charge in [-0.2, -0.15) is 0 Å². The van der Waals surface area contributed by atoms with Crippen molar-refractivity contribution < 1.29 is 4.74 Å². The van der Waals surface area contributed by atoms with Crippen LogP contribution < -0.4 is 4.74 Å². The quantitative estimate of drug-likeness (QED) is 0.642. The summed E-state index contributed by atoms with van der Waals surface area (Å²) < 4.78 is 5.82. The van der Waals surface area contributed by atoms with Gasteiger partial charge in [-0.3, -0.25) is 0 Å². The van der Waals surface area contributed by atoms with Crippen LogP contribution in [0.5, 0.6) is 5.75 Å². The summed E-state index contributed by atoms with van der Waals surface area (Å²) in [5.41, 5.74) is 3.37. The standard InChI is InChI=1S/C18H14O/c1-14-6-8-15(9-7-14)10-12-17-13-11-16-4-2-3-5-18(16)19-17/h2-9,11,13,17H,1H3. The molecule has 2 aromatic rings. The number of aryl methyl sites for hydroxylation is 1. The van der Waals surface area contributed by atoms with E-state index in [1.807, 2.05) is 42.5 Å². The second-order valence-corrected chi connectivity index (χ2v) is 4.57. The number of fused-ring (bicyclic) bond motifs is 1. The third kappa shape index (κ3) is 2.69. The highest BCUT2D eigenvalue weighted by molar-refractivity contribution is 5.60. The van der Waals surface area contributed by atoms with Crippen LogP contribution in [0.3, 0.4) is 0 Å². The Kier molecular flexibility index (Phi) is 3.08. The summed E-state index contributed by atoms with van der Waals surface area (Å²) in [6, 6.07) is 16.2. The van der Waals surface area contributed by atoms with Crippen LogP contribution in [0.1, 0.15) is 16.7 Å². The van der Waals surface area contributed by atoms with Gasteiger partial charge in [0.1, 0.15) is 5.75 Å². The first-order chi connectivity index (χ1) is 9.31. The van der Waals surface area contributed by atoms with Gasteiger partial charge in [-0.05, 0) is 37.1 Å². The topological polar surface area (TPSA) is 9.23 Å². The molecule has 1 heterocycles. The third-order valence-corrected chi connectivity index (χ3v) is 3.03.